The molecule has 0 radical (unpaired) electrons. The molecule has 0 fully saturated rings. The van der Waals surface area contributed by atoms with E-state index in [9.17, 15) is 0 Å². The lowest BCUT2D eigenvalue weighted by atomic mass is 10.1. The van der Waals surface area contributed by atoms with E-state index in [4.69, 9.17) is 5.53 Å². The third-order valence-electron chi connectivity index (χ3n) is 1.51. The molecule has 0 saturated carbocycles. The Balaban J connectivity index is 3.14. The van der Waals surface area contributed by atoms with Crippen LogP contribution in [0.25, 0.3) is 10.4 Å². The quantitative estimate of drug-likeness (QED) is 0.340. The summed E-state index contributed by atoms with van der Waals surface area (Å²) in [6, 6.07) is 5.85. The average Bonchev–Trinajstić information content (AvgIpc) is 2.04. The van der Waals surface area contributed by atoms with Gasteiger partial charge in [0.2, 0.25) is 0 Å². The second-order valence-electron chi connectivity index (χ2n) is 2.36. The van der Waals surface area contributed by atoms with Gasteiger partial charge in [0.25, 0.3) is 0 Å². The van der Waals surface area contributed by atoms with Crippen molar-refractivity contribution in [2.24, 2.45) is 5.11 Å². The molecule has 4 heteroatoms. The smallest absolute Gasteiger partial charge is 0.0388 e. The number of benzene rings is 1. The van der Waals surface area contributed by atoms with Crippen molar-refractivity contribution in [1.82, 2.24) is 0 Å². The molecule has 0 aliphatic heterocycles. The summed E-state index contributed by atoms with van der Waals surface area (Å²) in [5.41, 5.74) is 10.1. The molecule has 0 aliphatic rings. The van der Waals surface area contributed by atoms with Crippen LogP contribution < -0.4 is 0 Å². The Morgan fingerprint density at radius 3 is 2.83 bits per heavy atom. The highest BCUT2D eigenvalue weighted by molar-refractivity contribution is 14.1. The van der Waals surface area contributed by atoms with E-state index in [1.807, 2.05) is 12.1 Å². The van der Waals surface area contributed by atoms with Crippen LogP contribution in [-0.4, -0.2) is 0 Å². The maximum absolute atomic E-state index is 8.23. The summed E-state index contributed by atoms with van der Waals surface area (Å²) in [5, 5.41) is 3.55. The first kappa shape index (κ1) is 9.35. The van der Waals surface area contributed by atoms with E-state index in [2.05, 4.69) is 45.6 Å². The number of hydrogen-bond acceptors (Lipinski definition) is 1. The predicted molar refractivity (Wildman–Crippen MR) is 57.3 cm³/mol. The fourth-order valence-electron chi connectivity index (χ4n) is 0.947. The van der Waals surface area contributed by atoms with Crippen molar-refractivity contribution in [3.8, 4) is 0 Å². The molecule has 0 unspecified atom stereocenters. The first-order valence-electron chi connectivity index (χ1n) is 3.61. The average molecular weight is 273 g/mol. The number of aryl methyl sites for hydroxylation is 1. The number of halogens is 1. The molecule has 1 aromatic rings. The van der Waals surface area contributed by atoms with Crippen molar-refractivity contribution in [2.45, 2.75) is 13.3 Å². The van der Waals surface area contributed by atoms with Crippen LogP contribution in [0.15, 0.2) is 23.3 Å². The maximum Gasteiger partial charge on any atom is 0.0388 e. The van der Waals surface area contributed by atoms with Crippen LogP contribution in [0.5, 0.6) is 0 Å². The second-order valence-corrected chi connectivity index (χ2v) is 3.61. The largest absolute Gasteiger partial charge is 0.0613 e. The number of rotatable bonds is 2. The Labute approximate surface area is 84.6 Å². The summed E-state index contributed by atoms with van der Waals surface area (Å²) in [5.74, 6) is 0. The highest BCUT2D eigenvalue weighted by atomic mass is 127. The van der Waals surface area contributed by atoms with Crippen molar-refractivity contribution < 1.29 is 0 Å². The minimum Gasteiger partial charge on any atom is -0.0613 e. The van der Waals surface area contributed by atoms with Crippen LogP contribution >= 0.6 is 22.6 Å². The Bertz CT molecular complexity index is 329. The van der Waals surface area contributed by atoms with E-state index < -0.39 is 0 Å². The fraction of sp³-hybridized carbons (Fsp3) is 0.250. The van der Waals surface area contributed by atoms with Gasteiger partial charge in [-0.3, -0.25) is 0 Å². The predicted octanol–water partition coefficient (Wildman–Crippen LogP) is 3.80. The zero-order valence-corrected chi connectivity index (χ0v) is 8.82. The normalized spacial score (nSPS) is 9.17. The minimum atomic E-state index is 0.696. The van der Waals surface area contributed by atoms with Crippen LogP contribution in [0, 0.1) is 3.57 Å². The Morgan fingerprint density at radius 2 is 2.25 bits per heavy atom. The molecule has 1 rings (SSSR count). The Kier molecular flexibility index (Phi) is 3.37. The Hall–Kier alpha value is -0.740. The van der Waals surface area contributed by atoms with E-state index in [1.54, 1.807) is 0 Å². The van der Waals surface area contributed by atoms with Gasteiger partial charge in [-0.05, 0) is 58.3 Å². The van der Waals surface area contributed by atoms with Crippen LogP contribution in [0.3, 0.4) is 0 Å². The molecule has 1 aromatic carbocycles. The molecule has 0 aromatic heterocycles. The summed E-state index contributed by atoms with van der Waals surface area (Å²) in [6.07, 6.45) is 0.963. The third-order valence-corrected chi connectivity index (χ3v) is 2.13. The lowest BCUT2D eigenvalue weighted by Crippen LogP contribution is -1.80. The van der Waals surface area contributed by atoms with Gasteiger partial charge >= 0.3 is 0 Å². The van der Waals surface area contributed by atoms with Gasteiger partial charge in [-0.1, -0.05) is 12.0 Å². The minimum absolute atomic E-state index is 0.696. The van der Waals surface area contributed by atoms with E-state index in [1.165, 1.54) is 5.56 Å². The molecule has 0 spiro atoms. The van der Waals surface area contributed by atoms with Gasteiger partial charge in [0.05, 0.1) is 0 Å². The van der Waals surface area contributed by atoms with Crippen molar-refractivity contribution in [1.29, 1.82) is 0 Å². The summed E-state index contributed by atoms with van der Waals surface area (Å²) >= 11 is 2.21. The van der Waals surface area contributed by atoms with Gasteiger partial charge in [-0.2, -0.15) is 0 Å². The molecule has 0 N–H and O–H groups in total. The van der Waals surface area contributed by atoms with Crippen molar-refractivity contribution in [3.63, 3.8) is 0 Å². The summed E-state index contributed by atoms with van der Waals surface area (Å²) in [6.45, 7) is 2.07. The summed E-state index contributed by atoms with van der Waals surface area (Å²) < 4.78 is 1.11. The summed E-state index contributed by atoms with van der Waals surface area (Å²) in [7, 11) is 0. The third kappa shape index (κ3) is 2.39. The molecular formula is C8H8IN3. The topological polar surface area (TPSA) is 48.8 Å². The molecule has 0 saturated heterocycles. The number of azide groups is 1. The molecule has 3 nitrogen and oxygen atoms in total. The van der Waals surface area contributed by atoms with E-state index in [0.29, 0.717) is 5.69 Å². The van der Waals surface area contributed by atoms with E-state index in [0.717, 1.165) is 9.99 Å². The van der Waals surface area contributed by atoms with Gasteiger partial charge in [0.1, 0.15) is 0 Å². The fourth-order valence-corrected chi connectivity index (χ4v) is 1.67. The van der Waals surface area contributed by atoms with E-state index in [-0.39, 0.29) is 0 Å². The van der Waals surface area contributed by atoms with Gasteiger partial charge in [0.15, 0.2) is 0 Å². The second kappa shape index (κ2) is 4.33. The van der Waals surface area contributed by atoms with Crippen molar-refractivity contribution in [3.05, 3.63) is 37.8 Å². The van der Waals surface area contributed by atoms with Crippen LogP contribution in [-0.2, 0) is 6.42 Å². The highest BCUT2D eigenvalue weighted by Crippen LogP contribution is 2.19. The lowest BCUT2D eigenvalue weighted by Gasteiger charge is -1.99. The number of hydrogen-bond donors (Lipinski definition) is 0. The molecule has 12 heavy (non-hydrogen) atoms. The van der Waals surface area contributed by atoms with Gasteiger partial charge < -0.3 is 0 Å². The number of nitrogens with zero attached hydrogens (tertiary/aromatic N) is 3. The van der Waals surface area contributed by atoms with Gasteiger partial charge in [0, 0.05) is 14.2 Å². The highest BCUT2D eigenvalue weighted by Gasteiger charge is 1.95. The molecule has 0 heterocycles. The van der Waals surface area contributed by atoms with Crippen LogP contribution in [0.4, 0.5) is 5.69 Å². The molecule has 62 valence electrons. The van der Waals surface area contributed by atoms with Crippen molar-refractivity contribution in [2.75, 3.05) is 0 Å². The van der Waals surface area contributed by atoms with Gasteiger partial charge in [-0.15, -0.1) is 0 Å². The van der Waals surface area contributed by atoms with E-state index >= 15 is 0 Å². The van der Waals surface area contributed by atoms with Crippen LogP contribution in [0.2, 0.25) is 0 Å². The standard InChI is InChI=1S/C8H8IN3/c1-2-6-3-7(9)5-8(4-6)11-12-10/h3-5H,2H2,1H3. The molecule has 0 amide bonds. The molecule has 0 aliphatic carbocycles. The summed E-state index contributed by atoms with van der Waals surface area (Å²) in [4.78, 5) is 2.74. The zero-order chi connectivity index (χ0) is 8.97. The Morgan fingerprint density at radius 1 is 1.50 bits per heavy atom. The molecular weight excluding hydrogens is 265 g/mol. The molecule has 0 bridgehead atoms. The lowest BCUT2D eigenvalue weighted by molar-refractivity contribution is 1.13. The first-order chi connectivity index (χ1) is 5.76. The maximum atomic E-state index is 8.23. The SMILES string of the molecule is CCc1cc(I)cc(N=[N+]=[N-])c1. The monoisotopic (exact) mass is 273 g/mol. The van der Waals surface area contributed by atoms with Gasteiger partial charge in [-0.25, -0.2) is 0 Å². The zero-order valence-electron chi connectivity index (χ0n) is 6.66. The van der Waals surface area contributed by atoms with Crippen LogP contribution in [0.1, 0.15) is 12.5 Å². The molecule has 0 atom stereocenters. The van der Waals surface area contributed by atoms with Crippen molar-refractivity contribution >= 4 is 28.3 Å². The first-order valence-corrected chi connectivity index (χ1v) is 4.68.